The van der Waals surface area contributed by atoms with Crippen LogP contribution in [0.5, 0.6) is 0 Å². The summed E-state index contributed by atoms with van der Waals surface area (Å²) in [6.45, 7) is 4.27. The molecule has 19 heavy (non-hydrogen) atoms. The van der Waals surface area contributed by atoms with Gasteiger partial charge in [0, 0.05) is 6.42 Å². The van der Waals surface area contributed by atoms with Gasteiger partial charge in [-0.3, -0.25) is 4.79 Å². The van der Waals surface area contributed by atoms with Crippen LogP contribution in [0.3, 0.4) is 0 Å². The summed E-state index contributed by atoms with van der Waals surface area (Å²) in [5, 5.41) is 9.26. The van der Waals surface area contributed by atoms with E-state index in [1.165, 1.54) is 12.0 Å². The van der Waals surface area contributed by atoms with Crippen LogP contribution in [-0.2, 0) is 4.79 Å². The van der Waals surface area contributed by atoms with Crippen LogP contribution >= 0.6 is 0 Å². The smallest absolute Gasteiger partial charge is 0.154 e. The van der Waals surface area contributed by atoms with E-state index in [0.29, 0.717) is 18.3 Å². The minimum absolute atomic E-state index is 0.0875. The first-order valence-electron chi connectivity index (χ1n) is 7.14. The molecule has 0 radical (unpaired) electrons. The highest BCUT2D eigenvalue weighted by Gasteiger charge is 2.26. The standard InChI is InChI=1S/C17H21NO/c1-12(2)14-6-8-15(9-7-14)16(11-18)17(19)10-13-4-3-5-13/h6-9,12-13,16H,3-5,10H2,1-2H3. The van der Waals surface area contributed by atoms with Crippen LogP contribution in [0, 0.1) is 17.2 Å². The lowest BCUT2D eigenvalue weighted by Crippen LogP contribution is -2.20. The van der Waals surface area contributed by atoms with Gasteiger partial charge in [-0.1, -0.05) is 57.4 Å². The minimum atomic E-state index is -0.582. The third-order valence-electron chi connectivity index (χ3n) is 4.10. The monoisotopic (exact) mass is 255 g/mol. The first-order chi connectivity index (χ1) is 9.11. The summed E-state index contributed by atoms with van der Waals surface area (Å²) in [6, 6.07) is 10.1. The number of nitrogens with zero attached hydrogens (tertiary/aromatic N) is 1. The third-order valence-corrected chi connectivity index (χ3v) is 4.10. The predicted molar refractivity (Wildman–Crippen MR) is 75.9 cm³/mol. The maximum Gasteiger partial charge on any atom is 0.154 e. The number of hydrogen-bond acceptors (Lipinski definition) is 2. The Morgan fingerprint density at radius 2 is 1.84 bits per heavy atom. The van der Waals surface area contributed by atoms with Gasteiger partial charge in [0.2, 0.25) is 0 Å². The number of carbonyl (C=O) groups is 1. The summed E-state index contributed by atoms with van der Waals surface area (Å²) < 4.78 is 0. The Hall–Kier alpha value is -1.62. The summed E-state index contributed by atoms with van der Waals surface area (Å²) >= 11 is 0. The molecule has 0 N–H and O–H groups in total. The predicted octanol–water partition coefficient (Wildman–Crippen LogP) is 4.18. The van der Waals surface area contributed by atoms with Gasteiger partial charge < -0.3 is 0 Å². The molecule has 1 atom stereocenters. The maximum atomic E-state index is 12.2. The zero-order valence-electron chi connectivity index (χ0n) is 11.7. The van der Waals surface area contributed by atoms with Gasteiger partial charge in [0.25, 0.3) is 0 Å². The summed E-state index contributed by atoms with van der Waals surface area (Å²) in [5.41, 5.74) is 2.09. The topological polar surface area (TPSA) is 40.9 Å². The van der Waals surface area contributed by atoms with Gasteiger partial charge in [0.1, 0.15) is 5.92 Å². The average molecular weight is 255 g/mol. The second kappa shape index (κ2) is 6.02. The molecule has 1 unspecified atom stereocenters. The lowest BCUT2D eigenvalue weighted by atomic mass is 9.79. The van der Waals surface area contributed by atoms with E-state index in [-0.39, 0.29) is 5.78 Å². The van der Waals surface area contributed by atoms with Crippen molar-refractivity contribution in [1.82, 2.24) is 0 Å². The third kappa shape index (κ3) is 3.23. The van der Waals surface area contributed by atoms with Crippen molar-refractivity contribution in [2.24, 2.45) is 5.92 Å². The van der Waals surface area contributed by atoms with E-state index < -0.39 is 5.92 Å². The van der Waals surface area contributed by atoms with Gasteiger partial charge in [0.05, 0.1) is 6.07 Å². The molecule has 1 aliphatic carbocycles. The van der Waals surface area contributed by atoms with Crippen LogP contribution in [0.1, 0.15) is 62.5 Å². The average Bonchev–Trinajstić information content (AvgIpc) is 2.35. The summed E-state index contributed by atoms with van der Waals surface area (Å²) in [6.07, 6.45) is 4.11. The van der Waals surface area contributed by atoms with E-state index in [1.807, 2.05) is 24.3 Å². The number of Topliss-reactive ketones (excluding diaryl/α,β-unsaturated/α-hetero) is 1. The molecule has 0 saturated heterocycles. The quantitative estimate of drug-likeness (QED) is 0.792. The van der Waals surface area contributed by atoms with Gasteiger partial charge in [0.15, 0.2) is 5.78 Å². The summed E-state index contributed by atoms with van der Waals surface area (Å²) in [4.78, 5) is 12.2. The van der Waals surface area contributed by atoms with Gasteiger partial charge >= 0.3 is 0 Å². The van der Waals surface area contributed by atoms with Crippen LogP contribution < -0.4 is 0 Å². The van der Waals surface area contributed by atoms with Crippen LogP contribution in [-0.4, -0.2) is 5.78 Å². The molecule has 1 saturated carbocycles. The van der Waals surface area contributed by atoms with Gasteiger partial charge in [-0.05, 0) is 23.0 Å². The zero-order valence-corrected chi connectivity index (χ0v) is 11.7. The van der Waals surface area contributed by atoms with E-state index in [1.54, 1.807) is 0 Å². The Morgan fingerprint density at radius 1 is 1.26 bits per heavy atom. The van der Waals surface area contributed by atoms with Crippen molar-refractivity contribution >= 4 is 5.78 Å². The zero-order chi connectivity index (χ0) is 13.8. The fourth-order valence-electron chi connectivity index (χ4n) is 2.51. The Bertz CT molecular complexity index is 477. The van der Waals surface area contributed by atoms with Crippen LogP contribution in [0.25, 0.3) is 0 Å². The highest BCUT2D eigenvalue weighted by atomic mass is 16.1. The Balaban J connectivity index is 2.08. The first-order valence-corrected chi connectivity index (χ1v) is 7.14. The molecular formula is C17H21NO. The number of carbonyl (C=O) groups excluding carboxylic acids is 1. The first kappa shape index (κ1) is 13.8. The lowest BCUT2D eigenvalue weighted by molar-refractivity contribution is -0.120. The molecular weight excluding hydrogens is 234 g/mol. The van der Waals surface area contributed by atoms with Crippen molar-refractivity contribution in [1.29, 1.82) is 5.26 Å². The van der Waals surface area contributed by atoms with Crippen LogP contribution in [0.4, 0.5) is 0 Å². The van der Waals surface area contributed by atoms with E-state index >= 15 is 0 Å². The molecule has 1 aromatic carbocycles. The minimum Gasteiger partial charge on any atom is -0.298 e. The largest absolute Gasteiger partial charge is 0.298 e. The molecule has 100 valence electrons. The summed E-state index contributed by atoms with van der Waals surface area (Å²) in [5.74, 6) is 0.505. The summed E-state index contributed by atoms with van der Waals surface area (Å²) in [7, 11) is 0. The van der Waals surface area contributed by atoms with E-state index in [0.717, 1.165) is 18.4 Å². The van der Waals surface area contributed by atoms with Crippen LogP contribution in [0.2, 0.25) is 0 Å². The van der Waals surface area contributed by atoms with E-state index in [4.69, 9.17) is 0 Å². The fraction of sp³-hybridized carbons (Fsp3) is 0.529. The molecule has 0 heterocycles. The fourth-order valence-corrected chi connectivity index (χ4v) is 2.51. The Labute approximate surface area is 115 Å². The second-order valence-corrected chi connectivity index (χ2v) is 5.85. The van der Waals surface area contributed by atoms with Crippen LogP contribution in [0.15, 0.2) is 24.3 Å². The van der Waals surface area contributed by atoms with Gasteiger partial charge in [-0.15, -0.1) is 0 Å². The van der Waals surface area contributed by atoms with E-state index in [2.05, 4.69) is 19.9 Å². The van der Waals surface area contributed by atoms with Crippen molar-refractivity contribution in [3.63, 3.8) is 0 Å². The number of nitriles is 1. The highest BCUT2D eigenvalue weighted by Crippen LogP contribution is 2.32. The Morgan fingerprint density at radius 3 is 2.26 bits per heavy atom. The molecule has 0 amide bonds. The number of rotatable bonds is 5. The van der Waals surface area contributed by atoms with Gasteiger partial charge in [-0.25, -0.2) is 0 Å². The lowest BCUT2D eigenvalue weighted by Gasteiger charge is -2.25. The van der Waals surface area contributed by atoms with Crippen molar-refractivity contribution in [2.45, 2.75) is 51.4 Å². The molecule has 0 bridgehead atoms. The van der Waals surface area contributed by atoms with E-state index in [9.17, 15) is 10.1 Å². The highest BCUT2D eigenvalue weighted by molar-refractivity contribution is 5.88. The number of hydrogen-bond donors (Lipinski definition) is 0. The molecule has 1 fully saturated rings. The molecule has 0 spiro atoms. The Kier molecular flexibility index (Phi) is 4.37. The SMILES string of the molecule is CC(C)c1ccc(C(C#N)C(=O)CC2CCC2)cc1. The molecule has 0 aromatic heterocycles. The molecule has 1 aromatic rings. The normalized spacial score (nSPS) is 16.7. The molecule has 0 aliphatic heterocycles. The molecule has 2 rings (SSSR count). The molecule has 2 heteroatoms. The van der Waals surface area contributed by atoms with Crippen molar-refractivity contribution < 1.29 is 4.79 Å². The van der Waals surface area contributed by atoms with Crippen molar-refractivity contribution in [3.8, 4) is 6.07 Å². The molecule has 2 nitrogen and oxygen atoms in total. The van der Waals surface area contributed by atoms with Crippen molar-refractivity contribution in [2.75, 3.05) is 0 Å². The maximum absolute atomic E-state index is 12.2. The number of benzene rings is 1. The second-order valence-electron chi connectivity index (χ2n) is 5.85. The molecule has 1 aliphatic rings. The van der Waals surface area contributed by atoms with Gasteiger partial charge in [-0.2, -0.15) is 5.26 Å². The number of ketones is 1. The van der Waals surface area contributed by atoms with Crippen molar-refractivity contribution in [3.05, 3.63) is 35.4 Å².